The number of benzene rings is 2. The number of amides is 3. The predicted octanol–water partition coefficient (Wildman–Crippen LogP) is 3.99. The molecule has 1 N–H and O–H groups in total. The van der Waals surface area contributed by atoms with Crippen molar-refractivity contribution in [1.29, 1.82) is 0 Å². The first-order valence-corrected chi connectivity index (χ1v) is 11.6. The number of urea groups is 1. The lowest BCUT2D eigenvalue weighted by Crippen LogP contribution is -2.51. The average molecular weight is 479 g/mol. The van der Waals surface area contributed by atoms with Crippen molar-refractivity contribution in [2.45, 2.75) is 13.8 Å². The van der Waals surface area contributed by atoms with E-state index < -0.39 is 0 Å². The van der Waals surface area contributed by atoms with Crippen molar-refractivity contribution in [2.75, 3.05) is 44.7 Å². The lowest BCUT2D eigenvalue weighted by Gasteiger charge is -2.34. The molecule has 0 spiro atoms. The van der Waals surface area contributed by atoms with Gasteiger partial charge in [0.2, 0.25) is 0 Å². The summed E-state index contributed by atoms with van der Waals surface area (Å²) in [7, 11) is 0. The van der Waals surface area contributed by atoms with Gasteiger partial charge in [-0.05, 0) is 56.3 Å². The lowest BCUT2D eigenvalue weighted by atomic mass is 10.2. The van der Waals surface area contributed by atoms with E-state index in [1.54, 1.807) is 9.80 Å². The summed E-state index contributed by atoms with van der Waals surface area (Å²) in [6.45, 7) is 6.65. The number of rotatable bonds is 3. The molecule has 2 aliphatic rings. The van der Waals surface area contributed by atoms with Gasteiger partial charge in [-0.15, -0.1) is 0 Å². The molecule has 0 saturated carbocycles. The van der Waals surface area contributed by atoms with Crippen molar-refractivity contribution >= 4 is 17.6 Å². The molecule has 0 radical (unpaired) electrons. The second kappa shape index (κ2) is 9.32. The number of nitrogens with one attached hydrogen (secondary N) is 1. The second-order valence-electron chi connectivity index (χ2n) is 8.66. The first-order valence-electron chi connectivity index (χ1n) is 11.6. The predicted molar refractivity (Wildman–Crippen MR) is 129 cm³/mol. The monoisotopic (exact) mass is 478 g/mol. The number of aryl methyl sites for hydroxylation is 1. The van der Waals surface area contributed by atoms with Crippen LogP contribution in [0.25, 0.3) is 5.69 Å². The van der Waals surface area contributed by atoms with Gasteiger partial charge in [0.15, 0.2) is 11.5 Å². The first-order chi connectivity index (χ1) is 16.9. The minimum absolute atomic E-state index is 0.0551. The number of carbonyl (C=O) groups is 2. The van der Waals surface area contributed by atoms with Crippen LogP contribution in [0.3, 0.4) is 0 Å². The zero-order valence-corrected chi connectivity index (χ0v) is 19.7. The fourth-order valence-corrected chi connectivity index (χ4v) is 4.57. The van der Waals surface area contributed by atoms with Crippen LogP contribution in [0.2, 0.25) is 0 Å². The third-order valence-corrected chi connectivity index (χ3v) is 6.40. The van der Waals surface area contributed by atoms with Gasteiger partial charge in [0.1, 0.15) is 19.0 Å². The highest BCUT2D eigenvalue weighted by Crippen LogP contribution is 2.33. The molecule has 9 heteroatoms. The molecule has 3 amide bonds. The Morgan fingerprint density at radius 1 is 0.857 bits per heavy atom. The normalized spacial score (nSPS) is 15.2. The average Bonchev–Trinajstić information content (AvgIpc) is 3.18. The molecular formula is C26H27FN4O4. The van der Waals surface area contributed by atoms with Gasteiger partial charge in [-0.25, -0.2) is 9.18 Å². The Morgan fingerprint density at radius 3 is 2.23 bits per heavy atom. The highest BCUT2D eigenvalue weighted by Gasteiger charge is 2.27. The number of nitrogens with zero attached hydrogens (tertiary/aromatic N) is 3. The molecule has 0 bridgehead atoms. The Hall–Kier alpha value is -4.01. The molecule has 2 aromatic carbocycles. The van der Waals surface area contributed by atoms with Crippen molar-refractivity contribution in [2.24, 2.45) is 0 Å². The Kier molecular flexibility index (Phi) is 6.07. The van der Waals surface area contributed by atoms with Gasteiger partial charge < -0.3 is 29.2 Å². The molecular weight excluding hydrogens is 451 g/mol. The zero-order valence-electron chi connectivity index (χ0n) is 19.7. The van der Waals surface area contributed by atoms with Crippen LogP contribution in [0.5, 0.6) is 11.5 Å². The fraction of sp³-hybridized carbons (Fsp3) is 0.308. The van der Waals surface area contributed by atoms with Gasteiger partial charge in [0.05, 0.1) is 5.56 Å². The molecule has 1 aromatic heterocycles. The number of fused-ring (bicyclic) bond motifs is 1. The smallest absolute Gasteiger partial charge is 0.321 e. The molecule has 35 heavy (non-hydrogen) atoms. The van der Waals surface area contributed by atoms with Crippen LogP contribution < -0.4 is 14.8 Å². The number of carbonyl (C=O) groups excluding carboxylic acids is 2. The fourth-order valence-electron chi connectivity index (χ4n) is 4.57. The highest BCUT2D eigenvalue weighted by atomic mass is 19.1. The van der Waals surface area contributed by atoms with Crippen molar-refractivity contribution < 1.29 is 23.5 Å². The summed E-state index contributed by atoms with van der Waals surface area (Å²) in [5.74, 6) is 1.01. The maximum Gasteiger partial charge on any atom is 0.321 e. The maximum atomic E-state index is 13.4. The second-order valence-corrected chi connectivity index (χ2v) is 8.66. The summed E-state index contributed by atoms with van der Waals surface area (Å²) in [5.41, 5.74) is 3.87. The molecule has 2 aliphatic heterocycles. The van der Waals surface area contributed by atoms with E-state index >= 15 is 0 Å². The van der Waals surface area contributed by atoms with Crippen LogP contribution in [-0.2, 0) is 0 Å². The molecule has 0 atom stereocenters. The van der Waals surface area contributed by atoms with Crippen LogP contribution in [0.15, 0.2) is 48.5 Å². The quantitative estimate of drug-likeness (QED) is 0.618. The summed E-state index contributed by atoms with van der Waals surface area (Å²) in [4.78, 5) is 29.4. The van der Waals surface area contributed by atoms with Crippen molar-refractivity contribution in [3.63, 3.8) is 0 Å². The molecule has 8 nitrogen and oxygen atoms in total. The van der Waals surface area contributed by atoms with E-state index in [0.29, 0.717) is 56.4 Å². The van der Waals surface area contributed by atoms with Crippen molar-refractivity contribution in [1.82, 2.24) is 14.4 Å². The summed E-state index contributed by atoms with van der Waals surface area (Å²) < 4.78 is 26.5. The third-order valence-electron chi connectivity index (χ3n) is 6.40. The van der Waals surface area contributed by atoms with Crippen molar-refractivity contribution in [3.8, 4) is 17.2 Å². The highest BCUT2D eigenvalue weighted by molar-refractivity contribution is 5.96. The molecule has 1 saturated heterocycles. The number of aromatic nitrogens is 1. The van der Waals surface area contributed by atoms with Gasteiger partial charge in [-0.3, -0.25) is 4.79 Å². The number of halogens is 1. The molecule has 0 unspecified atom stereocenters. The molecule has 5 rings (SSSR count). The van der Waals surface area contributed by atoms with Gasteiger partial charge in [0, 0.05) is 55.0 Å². The lowest BCUT2D eigenvalue weighted by molar-refractivity contribution is 0.0671. The van der Waals surface area contributed by atoms with Crippen LogP contribution in [-0.4, -0.2) is 65.7 Å². The molecule has 0 aliphatic carbocycles. The largest absolute Gasteiger partial charge is 0.486 e. The summed E-state index contributed by atoms with van der Waals surface area (Å²) >= 11 is 0. The van der Waals surface area contributed by atoms with E-state index in [4.69, 9.17) is 9.47 Å². The number of anilines is 1. The van der Waals surface area contributed by atoms with E-state index in [1.165, 1.54) is 24.3 Å². The van der Waals surface area contributed by atoms with Crippen molar-refractivity contribution in [3.05, 3.63) is 71.3 Å². The minimum atomic E-state index is -0.358. The van der Waals surface area contributed by atoms with E-state index in [0.717, 1.165) is 22.8 Å². The Morgan fingerprint density at radius 2 is 1.51 bits per heavy atom. The Bertz CT molecular complexity index is 1260. The Balaban J connectivity index is 1.26. The molecule has 3 heterocycles. The number of ether oxygens (including phenoxy) is 2. The molecule has 182 valence electrons. The Labute approximate surface area is 202 Å². The first kappa shape index (κ1) is 22.8. The summed E-state index contributed by atoms with van der Waals surface area (Å²) in [6.07, 6.45) is 0. The standard InChI is InChI=1S/C26H27FN4O4/c1-17-15-22(18(2)31(17)21-7-8-23-24(16-21)35-14-13-34-23)25(32)29-9-11-30(12-10-29)26(33)28-20-5-3-19(27)4-6-20/h3-8,15-16H,9-14H2,1-2H3,(H,28,33). The van der Waals surface area contributed by atoms with Gasteiger partial charge in [0.25, 0.3) is 5.91 Å². The minimum Gasteiger partial charge on any atom is -0.486 e. The number of hydrogen-bond donors (Lipinski definition) is 1. The van der Waals surface area contributed by atoms with Crippen LogP contribution >= 0.6 is 0 Å². The van der Waals surface area contributed by atoms with E-state index in [2.05, 4.69) is 5.32 Å². The van der Waals surface area contributed by atoms with E-state index in [9.17, 15) is 14.0 Å². The number of hydrogen-bond acceptors (Lipinski definition) is 4. The third kappa shape index (κ3) is 4.53. The van der Waals surface area contributed by atoms with Crippen LogP contribution in [0.4, 0.5) is 14.9 Å². The topological polar surface area (TPSA) is 76.0 Å². The van der Waals surface area contributed by atoms with Crippen LogP contribution in [0.1, 0.15) is 21.7 Å². The van der Waals surface area contributed by atoms with E-state index in [-0.39, 0.29) is 17.8 Å². The molecule has 3 aromatic rings. The van der Waals surface area contributed by atoms with Gasteiger partial charge >= 0.3 is 6.03 Å². The SMILES string of the molecule is Cc1cc(C(=O)N2CCN(C(=O)Nc3ccc(F)cc3)CC2)c(C)n1-c1ccc2c(c1)OCCO2. The zero-order chi connectivity index (χ0) is 24.5. The van der Waals surface area contributed by atoms with Crippen LogP contribution in [0, 0.1) is 19.7 Å². The van der Waals surface area contributed by atoms with E-state index in [1.807, 2.05) is 42.7 Å². The van der Waals surface area contributed by atoms with Gasteiger partial charge in [-0.1, -0.05) is 0 Å². The molecule has 1 fully saturated rings. The summed E-state index contributed by atoms with van der Waals surface area (Å²) in [6, 6.07) is 13.1. The summed E-state index contributed by atoms with van der Waals surface area (Å²) in [5, 5.41) is 2.77. The number of piperazine rings is 1. The maximum absolute atomic E-state index is 13.4. The van der Waals surface area contributed by atoms with Gasteiger partial charge in [-0.2, -0.15) is 0 Å².